The molecular formula is C14H24ClN3O3S2. The van der Waals surface area contributed by atoms with Gasteiger partial charge >= 0.3 is 0 Å². The Hall–Kier alpha value is -0.670. The highest BCUT2D eigenvalue weighted by Gasteiger charge is 2.29. The maximum Gasteiger partial charge on any atom is 0.250 e. The number of thiophene rings is 1. The van der Waals surface area contributed by atoms with Crippen LogP contribution in [0.3, 0.4) is 0 Å². The van der Waals surface area contributed by atoms with Crippen LogP contribution in [0.15, 0.2) is 21.7 Å². The van der Waals surface area contributed by atoms with Gasteiger partial charge in [-0.3, -0.25) is 4.79 Å². The van der Waals surface area contributed by atoms with Crippen molar-refractivity contribution in [3.05, 3.63) is 17.5 Å². The highest BCUT2D eigenvalue weighted by atomic mass is 35.5. The normalized spacial score (nSPS) is 19.0. The van der Waals surface area contributed by atoms with Crippen LogP contribution < -0.4 is 10.5 Å². The number of likely N-dealkylation sites (tertiary alicyclic amines) is 1. The molecule has 1 aliphatic rings. The number of amides is 1. The van der Waals surface area contributed by atoms with Gasteiger partial charge in [-0.15, -0.1) is 23.7 Å². The van der Waals surface area contributed by atoms with E-state index >= 15 is 0 Å². The van der Waals surface area contributed by atoms with E-state index in [0.29, 0.717) is 19.0 Å². The van der Waals surface area contributed by atoms with E-state index in [0.717, 1.165) is 24.2 Å². The zero-order chi connectivity index (χ0) is 16.3. The number of nitrogens with zero attached hydrogens (tertiary/aromatic N) is 1. The summed E-state index contributed by atoms with van der Waals surface area (Å²) >= 11 is 1.13. The minimum Gasteiger partial charge on any atom is -0.341 e. The van der Waals surface area contributed by atoms with Crippen molar-refractivity contribution in [3.63, 3.8) is 0 Å². The van der Waals surface area contributed by atoms with E-state index in [2.05, 4.69) is 4.72 Å². The molecule has 132 valence electrons. The van der Waals surface area contributed by atoms with Crippen molar-refractivity contribution in [1.29, 1.82) is 0 Å². The molecule has 2 unspecified atom stereocenters. The molecule has 1 aliphatic heterocycles. The summed E-state index contributed by atoms with van der Waals surface area (Å²) in [5.74, 6) is 0.255. The summed E-state index contributed by atoms with van der Waals surface area (Å²) in [4.78, 5) is 14.1. The van der Waals surface area contributed by atoms with Crippen molar-refractivity contribution in [2.24, 2.45) is 11.7 Å². The molecule has 0 spiro atoms. The highest BCUT2D eigenvalue weighted by Crippen LogP contribution is 2.21. The van der Waals surface area contributed by atoms with Crippen LogP contribution in [0.2, 0.25) is 0 Å². The molecular weight excluding hydrogens is 358 g/mol. The molecule has 9 heteroatoms. The van der Waals surface area contributed by atoms with Gasteiger partial charge in [0.2, 0.25) is 5.91 Å². The number of sulfonamides is 1. The molecule has 0 aliphatic carbocycles. The smallest absolute Gasteiger partial charge is 0.250 e. The summed E-state index contributed by atoms with van der Waals surface area (Å²) in [7, 11) is -3.62. The second-order valence-corrected chi connectivity index (χ2v) is 8.69. The Morgan fingerprint density at radius 3 is 2.48 bits per heavy atom. The van der Waals surface area contributed by atoms with Crippen LogP contribution in [0.4, 0.5) is 0 Å². The van der Waals surface area contributed by atoms with E-state index in [9.17, 15) is 13.2 Å². The lowest BCUT2D eigenvalue weighted by atomic mass is 9.91. The van der Waals surface area contributed by atoms with Crippen molar-refractivity contribution >= 4 is 39.7 Å². The third kappa shape index (κ3) is 5.15. The fourth-order valence-electron chi connectivity index (χ4n) is 2.68. The summed E-state index contributed by atoms with van der Waals surface area (Å²) in [6, 6.07) is 2.56. The molecule has 3 N–H and O–H groups in total. The molecule has 1 saturated heterocycles. The van der Waals surface area contributed by atoms with Gasteiger partial charge in [-0.05, 0) is 44.1 Å². The number of nitrogens with one attached hydrogen (secondary N) is 1. The Labute approximate surface area is 147 Å². The van der Waals surface area contributed by atoms with Gasteiger partial charge in [-0.2, -0.15) is 4.72 Å². The summed E-state index contributed by atoms with van der Waals surface area (Å²) in [6.45, 7) is 4.84. The van der Waals surface area contributed by atoms with Crippen LogP contribution in [0, 0.1) is 5.92 Å². The number of carbonyl (C=O) groups excluding carboxylic acids is 1. The van der Waals surface area contributed by atoms with Crippen molar-refractivity contribution in [2.75, 3.05) is 13.1 Å². The van der Waals surface area contributed by atoms with Gasteiger partial charge in [0.15, 0.2) is 0 Å². The van der Waals surface area contributed by atoms with Crippen molar-refractivity contribution in [1.82, 2.24) is 9.62 Å². The second-order valence-electron chi connectivity index (χ2n) is 5.80. The average molecular weight is 382 g/mol. The summed E-state index contributed by atoms with van der Waals surface area (Å²) in [6.07, 6.45) is 1.74. The summed E-state index contributed by atoms with van der Waals surface area (Å²) in [5.41, 5.74) is 5.89. The fraction of sp³-hybridized carbons (Fsp3) is 0.643. The number of piperidine rings is 1. The van der Waals surface area contributed by atoms with Crippen LogP contribution in [0.1, 0.15) is 26.7 Å². The van der Waals surface area contributed by atoms with Gasteiger partial charge in [-0.1, -0.05) is 6.07 Å². The van der Waals surface area contributed by atoms with E-state index < -0.39 is 16.1 Å². The van der Waals surface area contributed by atoms with Crippen LogP contribution in [-0.2, 0) is 14.8 Å². The van der Waals surface area contributed by atoms with Crippen LogP contribution in [-0.4, -0.2) is 44.4 Å². The minimum atomic E-state index is -3.62. The maximum absolute atomic E-state index is 12.4. The molecule has 1 aromatic heterocycles. The van der Waals surface area contributed by atoms with Gasteiger partial charge in [-0.25, -0.2) is 8.42 Å². The number of halogens is 1. The molecule has 1 aromatic rings. The summed E-state index contributed by atoms with van der Waals surface area (Å²) < 4.78 is 27.0. The zero-order valence-corrected chi connectivity index (χ0v) is 15.7. The zero-order valence-electron chi connectivity index (χ0n) is 13.3. The van der Waals surface area contributed by atoms with Crippen molar-refractivity contribution in [3.8, 4) is 0 Å². The largest absolute Gasteiger partial charge is 0.341 e. The molecule has 0 saturated carbocycles. The monoisotopic (exact) mass is 381 g/mol. The van der Waals surface area contributed by atoms with Crippen molar-refractivity contribution < 1.29 is 13.2 Å². The molecule has 0 radical (unpaired) electrons. The number of hydrogen-bond acceptors (Lipinski definition) is 5. The molecule has 0 aromatic carbocycles. The Balaban J connectivity index is 0.00000264. The van der Waals surface area contributed by atoms with E-state index in [1.54, 1.807) is 23.3 Å². The van der Waals surface area contributed by atoms with Gasteiger partial charge in [0, 0.05) is 19.1 Å². The highest BCUT2D eigenvalue weighted by molar-refractivity contribution is 7.91. The SMILES string of the molecule is CC(NS(=O)(=O)c1cccs1)C(=O)N1CCC(C(C)N)CC1.Cl. The van der Waals surface area contributed by atoms with Crippen LogP contribution in [0.5, 0.6) is 0 Å². The molecule has 0 bridgehead atoms. The molecule has 1 fully saturated rings. The van der Waals surface area contributed by atoms with Crippen molar-refractivity contribution in [2.45, 2.75) is 43.0 Å². The minimum absolute atomic E-state index is 0. The molecule has 6 nitrogen and oxygen atoms in total. The van der Waals surface area contributed by atoms with E-state index in [1.165, 1.54) is 6.07 Å². The lowest BCUT2D eigenvalue weighted by Crippen LogP contribution is -2.50. The van der Waals surface area contributed by atoms with Gasteiger partial charge in [0.25, 0.3) is 10.0 Å². The van der Waals surface area contributed by atoms with Gasteiger partial charge < -0.3 is 10.6 Å². The first-order valence-corrected chi connectivity index (χ1v) is 9.77. The van der Waals surface area contributed by atoms with Gasteiger partial charge in [0.05, 0.1) is 6.04 Å². The number of rotatable bonds is 5. The Morgan fingerprint density at radius 1 is 1.39 bits per heavy atom. The predicted octanol–water partition coefficient (Wildman–Crippen LogP) is 1.42. The Bertz CT molecular complexity index is 597. The number of carbonyl (C=O) groups is 1. The summed E-state index contributed by atoms with van der Waals surface area (Å²) in [5, 5.41) is 1.69. The molecule has 1 amide bonds. The second kappa shape index (κ2) is 8.43. The Morgan fingerprint density at radius 2 is 2.00 bits per heavy atom. The fourth-order valence-corrected chi connectivity index (χ4v) is 4.88. The van der Waals surface area contributed by atoms with E-state index in [1.807, 2.05) is 6.92 Å². The molecule has 2 heterocycles. The molecule has 2 atom stereocenters. The Kier molecular flexibility index (Phi) is 7.47. The topological polar surface area (TPSA) is 92.5 Å². The predicted molar refractivity (Wildman–Crippen MR) is 94.3 cm³/mol. The van der Waals surface area contributed by atoms with Crippen LogP contribution in [0.25, 0.3) is 0 Å². The standard InChI is InChI=1S/C14H23N3O3S2.ClH/c1-10(15)12-5-7-17(8-6-12)14(18)11(2)16-22(19,20)13-4-3-9-21-13;/h3-4,9-12,16H,5-8,15H2,1-2H3;1H. The molecule has 23 heavy (non-hydrogen) atoms. The number of hydrogen-bond donors (Lipinski definition) is 2. The van der Waals surface area contributed by atoms with E-state index in [-0.39, 0.29) is 28.6 Å². The van der Waals surface area contributed by atoms with E-state index in [4.69, 9.17) is 5.73 Å². The third-order valence-corrected chi connectivity index (χ3v) is 7.00. The first-order valence-electron chi connectivity index (χ1n) is 7.41. The van der Waals surface area contributed by atoms with Gasteiger partial charge in [0.1, 0.15) is 4.21 Å². The number of nitrogens with two attached hydrogens (primary N) is 1. The average Bonchev–Trinajstić information content (AvgIpc) is 3.01. The first-order chi connectivity index (χ1) is 10.3. The maximum atomic E-state index is 12.4. The third-order valence-electron chi connectivity index (χ3n) is 4.06. The lowest BCUT2D eigenvalue weighted by Gasteiger charge is -2.35. The lowest BCUT2D eigenvalue weighted by molar-refractivity contribution is -0.134. The quantitative estimate of drug-likeness (QED) is 0.806. The van der Waals surface area contributed by atoms with Crippen LogP contribution >= 0.6 is 23.7 Å². The first kappa shape index (κ1) is 20.4. The molecule has 2 rings (SSSR count).